The van der Waals surface area contributed by atoms with Crippen LogP contribution in [0.4, 0.5) is 18.9 Å². The predicted octanol–water partition coefficient (Wildman–Crippen LogP) is 3.22. The molecule has 3 aromatic rings. The van der Waals surface area contributed by atoms with Gasteiger partial charge in [0.05, 0.1) is 0 Å². The number of nitrogen functional groups attached to an aromatic ring is 1. The molecule has 0 aliphatic rings. The number of anilines is 1. The van der Waals surface area contributed by atoms with Crippen molar-refractivity contribution in [3.63, 3.8) is 0 Å². The lowest BCUT2D eigenvalue weighted by molar-refractivity contribution is -0.146. The van der Waals surface area contributed by atoms with Crippen molar-refractivity contribution < 1.29 is 13.2 Å². The van der Waals surface area contributed by atoms with Gasteiger partial charge in [-0.3, -0.25) is 0 Å². The minimum Gasteiger partial charge on any atom is -0.399 e. The van der Waals surface area contributed by atoms with Crippen LogP contribution in [-0.2, 0) is 6.18 Å². The summed E-state index contributed by atoms with van der Waals surface area (Å²) in [7, 11) is 0. The fourth-order valence-corrected chi connectivity index (χ4v) is 2.98. The molecule has 10 heteroatoms. The molecule has 0 amide bonds. The van der Waals surface area contributed by atoms with Crippen molar-refractivity contribution >= 4 is 37.9 Å². The van der Waals surface area contributed by atoms with E-state index >= 15 is 0 Å². The van der Waals surface area contributed by atoms with E-state index < -0.39 is 12.0 Å². The number of rotatable bonds is 1. The Morgan fingerprint density at radius 2 is 1.95 bits per heavy atom. The molecule has 0 spiro atoms. The highest BCUT2D eigenvalue weighted by molar-refractivity contribution is 9.10. The van der Waals surface area contributed by atoms with E-state index in [9.17, 15) is 13.2 Å². The first-order valence-electron chi connectivity index (χ1n) is 5.20. The van der Waals surface area contributed by atoms with E-state index in [1.807, 2.05) is 0 Å². The van der Waals surface area contributed by atoms with Crippen LogP contribution in [0.25, 0.3) is 15.5 Å². The van der Waals surface area contributed by atoms with Crippen LogP contribution in [0.15, 0.2) is 22.7 Å². The molecule has 2 heterocycles. The molecule has 5 nitrogen and oxygen atoms in total. The third-order valence-corrected chi connectivity index (χ3v) is 3.82. The maximum atomic E-state index is 12.7. The second-order valence-electron chi connectivity index (χ2n) is 3.90. The van der Waals surface area contributed by atoms with Crippen LogP contribution in [0, 0.1) is 0 Å². The smallest absolute Gasteiger partial charge is 0.399 e. The first kappa shape index (κ1) is 13.3. The average Bonchev–Trinajstić information content (AvgIpc) is 2.83. The highest BCUT2D eigenvalue weighted by Crippen LogP contribution is 2.33. The van der Waals surface area contributed by atoms with Crippen LogP contribution in [0.2, 0.25) is 0 Å². The van der Waals surface area contributed by atoms with E-state index in [1.165, 1.54) is 0 Å². The zero-order chi connectivity index (χ0) is 14.5. The molecule has 0 bridgehead atoms. The van der Waals surface area contributed by atoms with Crippen LogP contribution in [0.3, 0.4) is 0 Å². The summed E-state index contributed by atoms with van der Waals surface area (Å²) in [5.41, 5.74) is 6.79. The van der Waals surface area contributed by atoms with Gasteiger partial charge in [0, 0.05) is 15.7 Å². The number of benzene rings is 1. The van der Waals surface area contributed by atoms with Crippen molar-refractivity contribution in [3.8, 4) is 10.6 Å². The topological polar surface area (TPSA) is 69.1 Å². The fraction of sp³-hybridized carbons (Fsp3) is 0.100. The van der Waals surface area contributed by atoms with E-state index in [0.29, 0.717) is 20.8 Å². The van der Waals surface area contributed by atoms with Crippen LogP contribution in [0.5, 0.6) is 0 Å². The Bertz CT molecular complexity index is 774. The van der Waals surface area contributed by atoms with E-state index in [2.05, 4.69) is 31.2 Å². The monoisotopic (exact) mass is 363 g/mol. The van der Waals surface area contributed by atoms with Crippen molar-refractivity contribution in [1.29, 1.82) is 0 Å². The molecule has 1 aromatic carbocycles. The van der Waals surface area contributed by atoms with Gasteiger partial charge in [0.2, 0.25) is 4.96 Å². The number of aromatic nitrogens is 4. The average molecular weight is 364 g/mol. The Kier molecular flexibility index (Phi) is 2.94. The maximum Gasteiger partial charge on any atom is 0.453 e. The quantitative estimate of drug-likeness (QED) is 0.674. The van der Waals surface area contributed by atoms with Crippen molar-refractivity contribution in [2.24, 2.45) is 0 Å². The Labute approximate surface area is 122 Å². The van der Waals surface area contributed by atoms with Crippen molar-refractivity contribution in [1.82, 2.24) is 19.8 Å². The standard InChI is InChI=1S/C10H5BrF3N5S/c11-5-1-4(2-6(15)3-5)7-18-19-8(10(12,13)14)16-17-9(19)20-7/h1-3H,15H2. The summed E-state index contributed by atoms with van der Waals surface area (Å²) >= 11 is 4.28. The van der Waals surface area contributed by atoms with E-state index in [1.54, 1.807) is 18.2 Å². The van der Waals surface area contributed by atoms with Crippen LogP contribution < -0.4 is 5.73 Å². The molecule has 0 radical (unpaired) electrons. The van der Waals surface area contributed by atoms with Gasteiger partial charge in [-0.15, -0.1) is 10.2 Å². The van der Waals surface area contributed by atoms with Crippen LogP contribution in [0.1, 0.15) is 5.82 Å². The minimum atomic E-state index is -4.60. The van der Waals surface area contributed by atoms with Crippen molar-refractivity contribution in [3.05, 3.63) is 28.5 Å². The number of halogens is 4. The molecule has 2 aromatic heterocycles. The van der Waals surface area contributed by atoms with E-state index in [4.69, 9.17) is 5.73 Å². The Balaban J connectivity index is 2.16. The lowest BCUT2D eigenvalue weighted by atomic mass is 10.2. The zero-order valence-electron chi connectivity index (χ0n) is 9.52. The largest absolute Gasteiger partial charge is 0.453 e. The molecular formula is C10H5BrF3N5S. The number of nitrogens with two attached hydrogens (primary N) is 1. The summed E-state index contributed by atoms with van der Waals surface area (Å²) in [5.74, 6) is -1.14. The van der Waals surface area contributed by atoms with E-state index in [-0.39, 0.29) is 4.96 Å². The third-order valence-electron chi connectivity index (χ3n) is 2.41. The second kappa shape index (κ2) is 4.42. The van der Waals surface area contributed by atoms with Gasteiger partial charge in [0.25, 0.3) is 5.82 Å². The van der Waals surface area contributed by atoms with Gasteiger partial charge in [-0.05, 0) is 18.2 Å². The first-order valence-corrected chi connectivity index (χ1v) is 6.81. The molecule has 2 N–H and O–H groups in total. The Morgan fingerprint density at radius 1 is 1.20 bits per heavy atom. The van der Waals surface area contributed by atoms with E-state index in [0.717, 1.165) is 15.8 Å². The van der Waals surface area contributed by atoms with Crippen molar-refractivity contribution in [2.45, 2.75) is 6.18 Å². The number of hydrogen-bond acceptors (Lipinski definition) is 5. The molecule has 0 fully saturated rings. The van der Waals surface area contributed by atoms with Crippen molar-refractivity contribution in [2.75, 3.05) is 5.73 Å². The lowest BCUT2D eigenvalue weighted by Gasteiger charge is -2.01. The molecular weight excluding hydrogens is 359 g/mol. The van der Waals surface area contributed by atoms with Gasteiger partial charge in [-0.2, -0.15) is 22.8 Å². The fourth-order valence-electron chi connectivity index (χ4n) is 1.65. The molecule has 0 saturated heterocycles. The summed E-state index contributed by atoms with van der Waals surface area (Å²) in [4.78, 5) is 0.0749. The maximum absolute atomic E-state index is 12.7. The molecule has 3 rings (SSSR count). The van der Waals surface area contributed by atoms with Gasteiger partial charge in [-0.25, -0.2) is 0 Å². The lowest BCUT2D eigenvalue weighted by Crippen LogP contribution is -2.11. The normalized spacial score (nSPS) is 12.2. The summed E-state index contributed by atoms with van der Waals surface area (Å²) in [6.07, 6.45) is -4.60. The molecule has 20 heavy (non-hydrogen) atoms. The molecule has 104 valence electrons. The predicted molar refractivity (Wildman–Crippen MR) is 71.2 cm³/mol. The number of alkyl halides is 3. The van der Waals surface area contributed by atoms with Crippen LogP contribution in [-0.4, -0.2) is 19.8 Å². The minimum absolute atomic E-state index is 0.0749. The zero-order valence-corrected chi connectivity index (χ0v) is 11.9. The molecule has 0 aliphatic heterocycles. The summed E-state index contributed by atoms with van der Waals surface area (Å²) in [5, 5.41) is 10.9. The molecule has 0 saturated carbocycles. The molecule has 0 aliphatic carbocycles. The third kappa shape index (κ3) is 2.24. The highest BCUT2D eigenvalue weighted by atomic mass is 79.9. The second-order valence-corrected chi connectivity index (χ2v) is 5.77. The summed E-state index contributed by atoms with van der Waals surface area (Å²) < 4.78 is 39.5. The van der Waals surface area contributed by atoms with Gasteiger partial charge in [0.15, 0.2) is 0 Å². The molecule has 0 unspecified atom stereocenters. The van der Waals surface area contributed by atoms with Gasteiger partial charge in [-0.1, -0.05) is 27.3 Å². The summed E-state index contributed by atoms with van der Waals surface area (Å²) in [6, 6.07) is 5.03. The summed E-state index contributed by atoms with van der Waals surface area (Å²) in [6.45, 7) is 0. The Hall–Kier alpha value is -1.68. The number of nitrogens with zero attached hydrogens (tertiary/aromatic N) is 4. The highest BCUT2D eigenvalue weighted by Gasteiger charge is 2.38. The van der Waals surface area contributed by atoms with Crippen LogP contribution >= 0.6 is 27.3 Å². The SMILES string of the molecule is Nc1cc(Br)cc(-c2nn3c(C(F)(F)F)nnc3s2)c1. The number of fused-ring (bicyclic) bond motifs is 1. The number of hydrogen-bond donors (Lipinski definition) is 1. The Morgan fingerprint density at radius 3 is 2.60 bits per heavy atom. The molecule has 0 atom stereocenters. The van der Waals surface area contributed by atoms with Gasteiger partial charge >= 0.3 is 6.18 Å². The first-order chi connectivity index (χ1) is 9.34. The van der Waals surface area contributed by atoms with Gasteiger partial charge < -0.3 is 5.73 Å². The van der Waals surface area contributed by atoms with Gasteiger partial charge in [0.1, 0.15) is 5.01 Å².